The lowest BCUT2D eigenvalue weighted by Gasteiger charge is -2.36. The van der Waals surface area contributed by atoms with Crippen LogP contribution >= 0.6 is 15.9 Å². The Hall–Kier alpha value is -2.61. The molecule has 2 N–H and O–H groups in total. The van der Waals surface area contributed by atoms with E-state index in [1.807, 2.05) is 0 Å². The third-order valence-electron chi connectivity index (χ3n) is 5.58. The summed E-state index contributed by atoms with van der Waals surface area (Å²) in [5.41, 5.74) is 7.05. The highest BCUT2D eigenvalue weighted by molar-refractivity contribution is 9.10. The highest BCUT2D eigenvalue weighted by Crippen LogP contribution is 2.50. The van der Waals surface area contributed by atoms with Crippen molar-refractivity contribution in [1.82, 2.24) is 0 Å². The highest BCUT2D eigenvalue weighted by atomic mass is 79.9. The second kappa shape index (κ2) is 8.26. The van der Waals surface area contributed by atoms with Crippen molar-refractivity contribution in [2.24, 2.45) is 5.73 Å². The Morgan fingerprint density at radius 1 is 1.10 bits per heavy atom. The molecule has 3 aliphatic rings. The maximum absolute atomic E-state index is 12.9. The lowest BCUT2D eigenvalue weighted by atomic mass is 9.73. The van der Waals surface area contributed by atoms with Gasteiger partial charge in [-0.25, -0.2) is 0 Å². The molecule has 158 valence electrons. The Bertz CT molecular complexity index is 967. The standard InChI is InChI=1S/C22H22BrNO6/c1-28-17-9-11(8-12(23)22(17)29-10-18(24)27)19-20-13(25)4-2-6-15(20)30-16-7-3-5-14(26)21(16)19/h8-9,19H,2-7,10H2,1H3,(H2,24,27). The molecule has 4 rings (SSSR count). The minimum Gasteiger partial charge on any atom is -0.493 e. The van der Waals surface area contributed by atoms with Crippen LogP contribution in [0.1, 0.15) is 50.0 Å². The summed E-state index contributed by atoms with van der Waals surface area (Å²) in [6.45, 7) is -0.298. The van der Waals surface area contributed by atoms with E-state index in [2.05, 4.69) is 15.9 Å². The normalized spacial score (nSPS) is 19.3. The molecular weight excluding hydrogens is 454 g/mol. The molecule has 1 aromatic carbocycles. The van der Waals surface area contributed by atoms with Crippen LogP contribution in [0.15, 0.2) is 39.3 Å². The van der Waals surface area contributed by atoms with E-state index in [4.69, 9.17) is 19.9 Å². The predicted octanol–water partition coefficient (Wildman–Crippen LogP) is 3.45. The summed E-state index contributed by atoms with van der Waals surface area (Å²) in [4.78, 5) is 36.9. The number of hydrogen-bond donors (Lipinski definition) is 1. The summed E-state index contributed by atoms with van der Waals surface area (Å²) in [6.07, 6.45) is 3.73. The van der Waals surface area contributed by atoms with Gasteiger partial charge in [0.2, 0.25) is 0 Å². The zero-order chi connectivity index (χ0) is 21.4. The fourth-order valence-electron chi connectivity index (χ4n) is 4.34. The first-order valence-corrected chi connectivity index (χ1v) is 10.7. The van der Waals surface area contributed by atoms with E-state index in [1.54, 1.807) is 12.1 Å². The first-order valence-electron chi connectivity index (χ1n) is 9.89. The molecular formula is C22H22BrNO6. The zero-order valence-electron chi connectivity index (χ0n) is 16.6. The summed E-state index contributed by atoms with van der Waals surface area (Å²) in [6, 6.07) is 3.55. The number of hydrogen-bond acceptors (Lipinski definition) is 6. The van der Waals surface area contributed by atoms with Crippen molar-refractivity contribution in [1.29, 1.82) is 0 Å². The molecule has 30 heavy (non-hydrogen) atoms. The maximum atomic E-state index is 12.9. The van der Waals surface area contributed by atoms with E-state index in [0.29, 0.717) is 64.3 Å². The van der Waals surface area contributed by atoms with Gasteiger partial charge in [0.15, 0.2) is 29.7 Å². The molecule has 0 unspecified atom stereocenters. The Kier molecular flexibility index (Phi) is 5.69. The molecule has 0 saturated carbocycles. The Balaban J connectivity index is 1.86. The number of rotatable bonds is 5. The molecule has 0 bridgehead atoms. The smallest absolute Gasteiger partial charge is 0.255 e. The number of amides is 1. The summed E-state index contributed by atoms with van der Waals surface area (Å²) < 4.78 is 17.6. The van der Waals surface area contributed by atoms with Crippen LogP contribution in [0.4, 0.5) is 0 Å². The van der Waals surface area contributed by atoms with Crippen molar-refractivity contribution in [3.8, 4) is 11.5 Å². The maximum Gasteiger partial charge on any atom is 0.255 e. The lowest BCUT2D eigenvalue weighted by Crippen LogP contribution is -2.30. The Labute approximate surface area is 182 Å². The summed E-state index contributed by atoms with van der Waals surface area (Å²) in [5, 5.41) is 0. The van der Waals surface area contributed by atoms with Gasteiger partial charge in [0.25, 0.3) is 5.91 Å². The van der Waals surface area contributed by atoms with Gasteiger partial charge in [0.05, 0.1) is 11.6 Å². The largest absolute Gasteiger partial charge is 0.493 e. The molecule has 1 amide bonds. The average Bonchev–Trinajstić information content (AvgIpc) is 2.71. The van der Waals surface area contributed by atoms with Crippen LogP contribution in [0.5, 0.6) is 11.5 Å². The summed E-state index contributed by atoms with van der Waals surface area (Å²) in [5.74, 6) is 0.971. The molecule has 0 aromatic heterocycles. The van der Waals surface area contributed by atoms with E-state index >= 15 is 0 Å². The topological polar surface area (TPSA) is 105 Å². The van der Waals surface area contributed by atoms with Crippen molar-refractivity contribution in [2.45, 2.75) is 44.4 Å². The number of nitrogens with two attached hydrogens (primary N) is 1. The number of Topliss-reactive ketones (excluding diaryl/α,β-unsaturated/α-hetero) is 2. The van der Waals surface area contributed by atoms with Crippen molar-refractivity contribution in [3.63, 3.8) is 0 Å². The predicted molar refractivity (Wildman–Crippen MR) is 111 cm³/mol. The van der Waals surface area contributed by atoms with Gasteiger partial charge in [-0.3, -0.25) is 14.4 Å². The SMILES string of the molecule is COc1cc(C2C3=C(CCCC3=O)OC3=C2C(=O)CCC3)cc(Br)c1OCC(N)=O. The van der Waals surface area contributed by atoms with Gasteiger partial charge >= 0.3 is 0 Å². The number of ketones is 2. The molecule has 0 radical (unpaired) electrons. The number of benzene rings is 1. The molecule has 0 spiro atoms. The quantitative estimate of drug-likeness (QED) is 0.698. The Morgan fingerprint density at radius 3 is 2.23 bits per heavy atom. The van der Waals surface area contributed by atoms with Gasteiger partial charge in [-0.15, -0.1) is 0 Å². The van der Waals surface area contributed by atoms with Gasteiger partial charge < -0.3 is 19.9 Å². The average molecular weight is 476 g/mol. The van der Waals surface area contributed by atoms with Crippen LogP contribution < -0.4 is 15.2 Å². The summed E-state index contributed by atoms with van der Waals surface area (Å²) >= 11 is 3.47. The van der Waals surface area contributed by atoms with E-state index < -0.39 is 11.8 Å². The number of methoxy groups -OCH3 is 1. The Morgan fingerprint density at radius 2 is 1.70 bits per heavy atom. The van der Waals surface area contributed by atoms with Gasteiger partial charge in [-0.05, 0) is 46.5 Å². The first-order chi connectivity index (χ1) is 14.4. The molecule has 0 fully saturated rings. The second-order valence-electron chi connectivity index (χ2n) is 7.55. The molecule has 8 heteroatoms. The van der Waals surface area contributed by atoms with Gasteiger partial charge in [0.1, 0.15) is 11.5 Å². The van der Waals surface area contributed by atoms with Gasteiger partial charge in [0, 0.05) is 42.7 Å². The van der Waals surface area contributed by atoms with E-state index in [1.165, 1.54) is 7.11 Å². The second-order valence-corrected chi connectivity index (χ2v) is 8.41. The van der Waals surface area contributed by atoms with Crippen LogP contribution in [0.3, 0.4) is 0 Å². The number of ether oxygens (including phenoxy) is 3. The number of allylic oxidation sites excluding steroid dienone is 4. The van der Waals surface area contributed by atoms with Gasteiger partial charge in [-0.2, -0.15) is 0 Å². The van der Waals surface area contributed by atoms with Crippen molar-refractivity contribution in [2.75, 3.05) is 13.7 Å². The van der Waals surface area contributed by atoms with Crippen LogP contribution in [-0.2, 0) is 19.1 Å². The molecule has 0 saturated heterocycles. The summed E-state index contributed by atoms with van der Waals surface area (Å²) in [7, 11) is 1.49. The fraction of sp³-hybridized carbons (Fsp3) is 0.409. The molecule has 1 aromatic rings. The molecule has 1 heterocycles. The molecule has 1 aliphatic heterocycles. The van der Waals surface area contributed by atoms with E-state index in [9.17, 15) is 14.4 Å². The van der Waals surface area contributed by atoms with Crippen LogP contribution in [0, 0.1) is 0 Å². The number of halogens is 1. The van der Waals surface area contributed by atoms with E-state index in [-0.39, 0.29) is 18.2 Å². The lowest BCUT2D eigenvalue weighted by molar-refractivity contribution is -0.120. The van der Waals surface area contributed by atoms with Gasteiger partial charge in [-0.1, -0.05) is 0 Å². The first kappa shape index (κ1) is 20.7. The number of carbonyl (C=O) groups excluding carboxylic acids is 3. The third-order valence-corrected chi connectivity index (χ3v) is 6.17. The minimum absolute atomic E-state index is 0.00955. The highest BCUT2D eigenvalue weighted by Gasteiger charge is 2.42. The van der Waals surface area contributed by atoms with Crippen molar-refractivity contribution >= 4 is 33.4 Å². The third kappa shape index (κ3) is 3.64. The number of primary amides is 1. The zero-order valence-corrected chi connectivity index (χ0v) is 18.2. The van der Waals surface area contributed by atoms with Crippen LogP contribution in [-0.4, -0.2) is 31.2 Å². The van der Waals surface area contributed by atoms with Crippen molar-refractivity contribution < 1.29 is 28.6 Å². The molecule has 7 nitrogen and oxygen atoms in total. The minimum atomic E-state index is -0.609. The number of carbonyl (C=O) groups is 3. The molecule has 0 atom stereocenters. The fourth-order valence-corrected chi connectivity index (χ4v) is 4.92. The van der Waals surface area contributed by atoms with Crippen LogP contribution in [0.2, 0.25) is 0 Å². The monoisotopic (exact) mass is 475 g/mol. The molecule has 2 aliphatic carbocycles. The van der Waals surface area contributed by atoms with Crippen molar-refractivity contribution in [3.05, 3.63) is 44.8 Å². The van der Waals surface area contributed by atoms with Crippen LogP contribution in [0.25, 0.3) is 0 Å². The van der Waals surface area contributed by atoms with E-state index in [0.717, 1.165) is 18.4 Å².